The predicted octanol–water partition coefficient (Wildman–Crippen LogP) is 9.25. The Kier molecular flexibility index (Phi) is 8.87. The third-order valence-corrected chi connectivity index (χ3v) is 11.2. The number of thiophene rings is 1. The van der Waals surface area contributed by atoms with E-state index >= 15 is 0 Å². The fourth-order valence-electron chi connectivity index (χ4n) is 7.33. The first-order valence-corrected chi connectivity index (χ1v) is 18.6. The van der Waals surface area contributed by atoms with Crippen LogP contribution in [0.25, 0.3) is 87.4 Å². The van der Waals surface area contributed by atoms with Gasteiger partial charge in [-0.3, -0.25) is 0 Å². The van der Waals surface area contributed by atoms with Gasteiger partial charge in [-0.15, -0.1) is 0 Å². The van der Waals surface area contributed by atoms with Crippen LogP contribution in [-0.2, 0) is 0 Å². The molecule has 9 radical (unpaired) electrons. The molecule has 0 saturated carbocycles. The van der Waals surface area contributed by atoms with Crippen molar-refractivity contribution in [2.45, 2.75) is 6.92 Å². The topological polar surface area (TPSA) is 43.6 Å². The van der Waals surface area contributed by atoms with E-state index in [-0.39, 0.29) is 16.3 Å². The summed E-state index contributed by atoms with van der Waals surface area (Å²) < 4.78 is 4.56. The summed E-state index contributed by atoms with van der Waals surface area (Å²) in [5.41, 5.74) is 7.31. The van der Waals surface area contributed by atoms with E-state index in [9.17, 15) is 0 Å². The molecule has 0 fully saturated rings. The van der Waals surface area contributed by atoms with Crippen molar-refractivity contribution >= 4 is 103 Å². The molecule has 3 aromatic heterocycles. The second-order valence-corrected chi connectivity index (χ2v) is 14.4. The van der Waals surface area contributed by atoms with Gasteiger partial charge in [0.2, 0.25) is 0 Å². The summed E-state index contributed by atoms with van der Waals surface area (Å²) in [5.74, 6) is 1.44. The first kappa shape index (κ1) is 34.8. The molecule has 6 aromatic carbocycles. The van der Waals surface area contributed by atoms with Crippen LogP contribution in [0.15, 0.2) is 156 Å². The molecule has 0 aliphatic rings. The van der Waals surface area contributed by atoms with Crippen LogP contribution in [0.2, 0.25) is 0 Å². The Morgan fingerprint density at radius 3 is 1.75 bits per heavy atom. The molecule has 3 heterocycles. The van der Waals surface area contributed by atoms with E-state index in [4.69, 9.17) is 53.8 Å². The van der Waals surface area contributed by atoms with Crippen LogP contribution in [0.1, 0.15) is 12.5 Å². The van der Waals surface area contributed by atoms with Crippen LogP contribution in [0.3, 0.4) is 0 Å². The van der Waals surface area contributed by atoms with E-state index in [0.717, 1.165) is 37.9 Å². The van der Waals surface area contributed by atoms with Gasteiger partial charge in [-0.05, 0) is 12.1 Å². The maximum absolute atomic E-state index is 6.59. The number of rotatable bonds is 7. The SMILES string of the molecule is [B]C(=[B])/C(=C([B])\C([B])=C(\[B])C)c1ccccc1-c1nc(-c2ccc(-n3c4ccccc4c4ccccc43)cc2)nc(-c2cccc3c2sc2ccccc23)n1. The number of allylic oxidation sites excluding steroid dienone is 4. The van der Waals surface area contributed by atoms with Crippen LogP contribution in [0.4, 0.5) is 0 Å². The molecule has 10 heteroatoms. The molecule has 0 N–H and O–H groups in total. The standard InChI is InChI=1S/C45H26B5N4S/c1-25(46)39(47)40(48)38(42(49)50)31-14-2-3-15-33(31)44-51-43(52-45(53-44)34-17-10-16-32-30-13-6-9-20-37(30)55-41(32)34)26-21-23-27(24-22-26)54-35-18-7-4-11-28(35)29-12-5-8-19-36(29)54/h2-24H,1H3/b39-25-,40-38+. The molecule has 9 rings (SSSR count). The number of fused-ring (bicyclic) bond motifs is 6. The van der Waals surface area contributed by atoms with Gasteiger partial charge in [-0.2, -0.15) is 0 Å². The van der Waals surface area contributed by atoms with Gasteiger partial charge < -0.3 is 0 Å². The van der Waals surface area contributed by atoms with Crippen LogP contribution < -0.4 is 0 Å². The average molecular weight is 709 g/mol. The van der Waals surface area contributed by atoms with Gasteiger partial charge >= 0.3 is 248 Å². The molecule has 55 heavy (non-hydrogen) atoms. The monoisotopic (exact) mass is 709 g/mol. The van der Waals surface area contributed by atoms with E-state index in [2.05, 4.69) is 114 Å². The molecule has 0 atom stereocenters. The number of para-hydroxylation sites is 2. The molecule has 0 spiro atoms. The molecule has 9 aromatic rings. The number of benzene rings is 6. The van der Waals surface area contributed by atoms with Gasteiger partial charge in [-0.25, -0.2) is 0 Å². The second-order valence-electron chi connectivity index (χ2n) is 13.4. The molecule has 0 aliphatic heterocycles. The quantitative estimate of drug-likeness (QED) is 0.123. The van der Waals surface area contributed by atoms with Crippen LogP contribution in [-0.4, -0.2) is 63.8 Å². The second kappa shape index (κ2) is 14.0. The number of hydrogen-bond donors (Lipinski definition) is 0. The Morgan fingerprint density at radius 1 is 0.527 bits per heavy atom. The first-order valence-electron chi connectivity index (χ1n) is 17.7. The van der Waals surface area contributed by atoms with Crippen molar-refractivity contribution in [3.63, 3.8) is 0 Å². The molecular weight excluding hydrogens is 683 g/mol. The van der Waals surface area contributed by atoms with E-state index in [1.54, 1.807) is 18.3 Å². The van der Waals surface area contributed by atoms with Crippen LogP contribution >= 0.6 is 11.3 Å². The van der Waals surface area contributed by atoms with E-state index < -0.39 is 0 Å². The minimum absolute atomic E-state index is 0.0145. The molecule has 0 amide bonds. The summed E-state index contributed by atoms with van der Waals surface area (Å²) in [4.78, 5) is 15.4. The van der Waals surface area contributed by atoms with Crippen LogP contribution in [0.5, 0.6) is 0 Å². The Bertz CT molecular complexity index is 3010. The molecule has 0 unspecified atom stereocenters. The molecule has 0 bridgehead atoms. The van der Waals surface area contributed by atoms with Crippen LogP contribution in [0, 0.1) is 0 Å². The van der Waals surface area contributed by atoms with Crippen molar-refractivity contribution in [2.24, 2.45) is 0 Å². The van der Waals surface area contributed by atoms with Crippen molar-refractivity contribution < 1.29 is 0 Å². The summed E-state index contributed by atoms with van der Waals surface area (Å²) in [6.07, 6.45) is 0. The minimum atomic E-state index is -0.0145. The van der Waals surface area contributed by atoms with Crippen molar-refractivity contribution in [2.75, 3.05) is 0 Å². The van der Waals surface area contributed by atoms with Crippen molar-refractivity contribution in [3.05, 3.63) is 162 Å². The zero-order valence-corrected chi connectivity index (χ0v) is 30.7. The third kappa shape index (κ3) is 6.02. The molecule has 0 aliphatic carbocycles. The van der Waals surface area contributed by atoms with E-state index in [1.165, 1.54) is 20.9 Å². The summed E-state index contributed by atoms with van der Waals surface area (Å²) in [7, 11) is 31.6. The zero-order chi connectivity index (χ0) is 37.8. The molecule has 247 valence electrons. The summed E-state index contributed by atoms with van der Waals surface area (Å²) in [5, 5.41) is 4.71. The van der Waals surface area contributed by atoms with Crippen molar-refractivity contribution in [1.82, 2.24) is 19.5 Å². The van der Waals surface area contributed by atoms with Gasteiger partial charge in [0.1, 0.15) is 0 Å². The first-order chi connectivity index (χ1) is 26.8. The van der Waals surface area contributed by atoms with Crippen molar-refractivity contribution in [3.8, 4) is 39.9 Å². The van der Waals surface area contributed by atoms with Gasteiger partial charge in [0.15, 0.2) is 0 Å². The van der Waals surface area contributed by atoms with Gasteiger partial charge in [0, 0.05) is 10.8 Å². The summed E-state index contributed by atoms with van der Waals surface area (Å²) in [6.45, 7) is 1.67. The summed E-state index contributed by atoms with van der Waals surface area (Å²) in [6, 6.07) is 47.4. The Balaban J connectivity index is 1.26. The normalized spacial score (nSPS) is 12.7. The Hall–Kier alpha value is -5.98. The van der Waals surface area contributed by atoms with E-state index in [0.29, 0.717) is 39.6 Å². The fourth-order valence-corrected chi connectivity index (χ4v) is 8.54. The van der Waals surface area contributed by atoms with Crippen molar-refractivity contribution in [1.29, 1.82) is 0 Å². The molecular formula is C45H26B5N4S. The number of hydrogen-bond acceptors (Lipinski definition) is 4. The maximum atomic E-state index is 6.59. The van der Waals surface area contributed by atoms with Gasteiger partial charge in [0.05, 0.1) is 11.0 Å². The third-order valence-electron chi connectivity index (χ3n) is 9.95. The Morgan fingerprint density at radius 2 is 1.07 bits per heavy atom. The number of aromatic nitrogens is 4. The van der Waals surface area contributed by atoms with Gasteiger partial charge in [-0.1, -0.05) is 48.5 Å². The van der Waals surface area contributed by atoms with Gasteiger partial charge in [0.25, 0.3) is 0 Å². The number of nitrogens with zero attached hydrogens (tertiary/aromatic N) is 4. The average Bonchev–Trinajstić information content (AvgIpc) is 3.76. The van der Waals surface area contributed by atoms with E-state index in [1.807, 2.05) is 30.3 Å². The predicted molar refractivity (Wildman–Crippen MR) is 237 cm³/mol. The summed E-state index contributed by atoms with van der Waals surface area (Å²) >= 11 is 1.72. The molecule has 4 nitrogen and oxygen atoms in total. The molecule has 0 saturated heterocycles. The fraction of sp³-hybridized carbons (Fsp3) is 0.0222. The zero-order valence-electron chi connectivity index (χ0n) is 29.9. The Labute approximate surface area is 329 Å².